The van der Waals surface area contributed by atoms with Gasteiger partial charge < -0.3 is 18.6 Å². The average molecular weight is 1260 g/mol. The van der Waals surface area contributed by atoms with Gasteiger partial charge in [-0.1, -0.05) is 133 Å². The number of rotatable bonds is 8. The minimum absolute atomic E-state index is 0.147. The second-order valence-corrected chi connectivity index (χ2v) is 23.0. The van der Waals surface area contributed by atoms with Gasteiger partial charge in [-0.15, -0.1) is 0 Å². The summed E-state index contributed by atoms with van der Waals surface area (Å²) in [5.41, 5.74) is 3.33. The number of benzene rings is 6. The van der Waals surface area contributed by atoms with E-state index in [0.717, 1.165) is 34.6 Å². The zero-order chi connectivity index (χ0) is 59.8. The van der Waals surface area contributed by atoms with E-state index in [1.165, 1.54) is 36.7 Å². The molecule has 0 amide bonds. The first-order valence-electron chi connectivity index (χ1n) is 26.6. The topological polar surface area (TPSA) is 140 Å². The second kappa shape index (κ2) is 26.1. The van der Waals surface area contributed by atoms with Crippen molar-refractivity contribution < 1.29 is 36.2 Å². The number of halogens is 6. The van der Waals surface area contributed by atoms with Gasteiger partial charge in [0.25, 0.3) is 0 Å². The first-order valence-corrected chi connectivity index (χ1v) is 28.2. The number of hydrogen-bond acceptors (Lipinski definition) is 12. The summed E-state index contributed by atoms with van der Waals surface area (Å²) < 4.78 is 80.0. The predicted octanol–water partition coefficient (Wildman–Crippen LogP) is 16.2. The van der Waals surface area contributed by atoms with Crippen molar-refractivity contribution in [3.8, 4) is 79.5 Å². The lowest BCUT2D eigenvalue weighted by Gasteiger charge is -2.32. The van der Waals surface area contributed by atoms with E-state index in [9.17, 15) is 17.6 Å². The maximum atomic E-state index is 15.0. The van der Waals surface area contributed by atoms with Crippen LogP contribution in [0.5, 0.6) is 0 Å². The van der Waals surface area contributed by atoms with E-state index in [2.05, 4.69) is 71.7 Å². The van der Waals surface area contributed by atoms with E-state index in [-0.39, 0.29) is 45.2 Å². The number of pyridine rings is 2. The Hall–Kier alpha value is -7.71. The summed E-state index contributed by atoms with van der Waals surface area (Å²) >= 11 is 6.16. The van der Waals surface area contributed by atoms with Crippen molar-refractivity contribution >= 4 is 45.9 Å². The maximum Gasteiger partial charge on any atom is 0.488 e. The third kappa shape index (κ3) is 14.4. The summed E-state index contributed by atoms with van der Waals surface area (Å²) in [6.07, 6.45) is 5.17. The van der Waals surface area contributed by atoms with Crippen LogP contribution in [-0.4, -0.2) is 76.3 Å². The lowest BCUT2D eigenvalue weighted by atomic mass is 9.49. The fraction of sp³-hybridized carbons (Fsp3) is 0.188. The Morgan fingerprint density at radius 2 is 0.619 bits per heavy atom. The zero-order valence-corrected chi connectivity index (χ0v) is 50.3. The molecule has 0 aliphatic carbocycles. The van der Waals surface area contributed by atoms with Crippen molar-refractivity contribution in [1.29, 1.82) is 0 Å². The fourth-order valence-corrected chi connectivity index (χ4v) is 8.80. The molecule has 10 aromatic rings. The molecule has 0 spiro atoms. The van der Waals surface area contributed by atoms with Crippen LogP contribution in [0.25, 0.3) is 79.5 Å². The Kier molecular flexibility index (Phi) is 18.9. The van der Waals surface area contributed by atoms with Crippen LogP contribution in [0.4, 0.5) is 17.6 Å². The van der Waals surface area contributed by atoms with Gasteiger partial charge in [-0.25, -0.2) is 47.5 Å². The molecule has 0 saturated carbocycles. The molecule has 20 heteroatoms. The molecule has 0 unspecified atom stereocenters. The Morgan fingerprint density at radius 3 is 0.929 bits per heavy atom. The molecule has 2 aliphatic rings. The summed E-state index contributed by atoms with van der Waals surface area (Å²) in [7, 11) is -0.952. The molecular weight excluding hydrogens is 1200 g/mol. The van der Waals surface area contributed by atoms with Crippen molar-refractivity contribution in [2.24, 2.45) is 0 Å². The van der Waals surface area contributed by atoms with E-state index >= 15 is 0 Å². The summed E-state index contributed by atoms with van der Waals surface area (Å²) in [5, 5.41) is 0. The first-order chi connectivity index (χ1) is 40.1. The largest absolute Gasteiger partial charge is 0.488 e. The number of nitrogens with zero attached hydrogens (tertiary/aromatic N) is 8. The van der Waals surface area contributed by atoms with E-state index in [4.69, 9.17) is 18.6 Å². The van der Waals surface area contributed by atoms with Crippen LogP contribution in [0, 0.1) is 23.3 Å². The average Bonchev–Trinajstić information content (AvgIpc) is 2.30. The minimum Gasteiger partial charge on any atom is -0.405 e. The van der Waals surface area contributed by atoms with Gasteiger partial charge >= 0.3 is 14.0 Å². The van der Waals surface area contributed by atoms with E-state index in [0.29, 0.717) is 55.0 Å². The SMILES string of the molecule is CC1(C)OB(B2OC(C)(C)C(C)(C)O2)OC1(C)C.Fc1cc(-c2nc(-c3ccccc3)nc(-c3ccccc3)n2)ccc1Br.Fc1cnccc1-c1ccc(-c2nc(-c3ccccc3)nc(-c3ccccc3)n2)cc1F.Fc1cnccc1Br. The Balaban J connectivity index is 0.000000146. The molecule has 84 heavy (non-hydrogen) atoms. The molecule has 12 rings (SSSR count). The first kappa shape index (κ1) is 60.9. The molecule has 424 valence electrons. The molecular formula is C64H56B2Br2F4N8O4. The smallest absolute Gasteiger partial charge is 0.405 e. The summed E-state index contributed by atoms with van der Waals surface area (Å²) in [6, 6.07) is 50.8. The Morgan fingerprint density at radius 1 is 0.321 bits per heavy atom. The Labute approximate surface area is 503 Å². The molecule has 0 atom stereocenters. The van der Waals surface area contributed by atoms with E-state index in [1.807, 2.05) is 177 Å². The minimum atomic E-state index is -0.586. The van der Waals surface area contributed by atoms with Crippen LogP contribution in [-0.2, 0) is 18.6 Å². The quantitative estimate of drug-likeness (QED) is 0.106. The van der Waals surface area contributed by atoms with Gasteiger partial charge in [-0.05, 0) is 124 Å². The third-order valence-electron chi connectivity index (χ3n) is 14.4. The van der Waals surface area contributed by atoms with Gasteiger partial charge in [-0.2, -0.15) is 0 Å². The van der Waals surface area contributed by atoms with Crippen molar-refractivity contribution in [2.75, 3.05) is 0 Å². The highest BCUT2D eigenvalue weighted by molar-refractivity contribution is 9.10. The monoisotopic (exact) mass is 1260 g/mol. The van der Waals surface area contributed by atoms with Crippen molar-refractivity contribution in [1.82, 2.24) is 39.9 Å². The predicted molar refractivity (Wildman–Crippen MR) is 327 cm³/mol. The lowest BCUT2D eigenvalue weighted by molar-refractivity contribution is 0.00578. The normalized spacial score (nSPS) is 15.2. The third-order valence-corrected chi connectivity index (χ3v) is 15.6. The second-order valence-electron chi connectivity index (χ2n) is 21.3. The molecule has 2 fully saturated rings. The molecule has 0 bridgehead atoms. The Bertz CT molecular complexity index is 3680. The molecule has 2 saturated heterocycles. The highest BCUT2D eigenvalue weighted by Crippen LogP contribution is 2.43. The van der Waals surface area contributed by atoms with Crippen LogP contribution >= 0.6 is 31.9 Å². The van der Waals surface area contributed by atoms with Crippen LogP contribution in [0.2, 0.25) is 0 Å². The fourth-order valence-electron chi connectivity index (χ4n) is 8.33. The van der Waals surface area contributed by atoms with Crippen LogP contribution in [0.15, 0.2) is 204 Å². The van der Waals surface area contributed by atoms with Gasteiger partial charge in [0.1, 0.15) is 17.5 Å². The molecule has 2 aliphatic heterocycles. The highest BCUT2D eigenvalue weighted by atomic mass is 79.9. The van der Waals surface area contributed by atoms with Gasteiger partial charge in [-0.3, -0.25) is 9.97 Å². The molecule has 12 nitrogen and oxygen atoms in total. The lowest BCUT2D eigenvalue weighted by Crippen LogP contribution is -2.41. The summed E-state index contributed by atoms with van der Waals surface area (Å²) in [5.74, 6) is 1.00. The molecule has 4 aromatic heterocycles. The van der Waals surface area contributed by atoms with Gasteiger partial charge in [0.2, 0.25) is 0 Å². The van der Waals surface area contributed by atoms with Crippen LogP contribution < -0.4 is 0 Å². The number of aromatic nitrogens is 8. The van der Waals surface area contributed by atoms with Crippen molar-refractivity contribution in [2.45, 2.75) is 77.8 Å². The highest BCUT2D eigenvalue weighted by Gasteiger charge is 2.63. The van der Waals surface area contributed by atoms with Crippen LogP contribution in [0.3, 0.4) is 0 Å². The van der Waals surface area contributed by atoms with Gasteiger partial charge in [0.05, 0.1) is 43.7 Å². The van der Waals surface area contributed by atoms with Gasteiger partial charge in [0.15, 0.2) is 40.8 Å². The summed E-state index contributed by atoms with van der Waals surface area (Å²) in [4.78, 5) is 34.8. The van der Waals surface area contributed by atoms with E-state index in [1.54, 1.807) is 24.3 Å². The zero-order valence-electron chi connectivity index (χ0n) is 47.1. The number of hydrogen-bond donors (Lipinski definition) is 0. The summed E-state index contributed by atoms with van der Waals surface area (Å²) in [6.45, 7) is 16.2. The van der Waals surface area contributed by atoms with Crippen LogP contribution in [0.1, 0.15) is 55.4 Å². The molecule has 0 N–H and O–H groups in total. The van der Waals surface area contributed by atoms with Crippen molar-refractivity contribution in [3.63, 3.8) is 0 Å². The van der Waals surface area contributed by atoms with E-state index < -0.39 is 25.7 Å². The molecule has 6 aromatic carbocycles. The maximum absolute atomic E-state index is 15.0. The van der Waals surface area contributed by atoms with Gasteiger partial charge in [0, 0.05) is 56.9 Å². The standard InChI is InChI=1S/C26H16F2N4.C21H13BrFN3.C12H24B2O4.C5H3BrFN/c27-22-15-19(11-12-20(22)21-13-14-29-16-23(21)28)26-31-24(17-7-3-1-4-8-17)30-25(32-26)18-9-5-2-6-10-18;22-17-12-11-16(13-18(17)23)21-25-19(14-7-3-1-4-8-14)24-20(26-21)15-9-5-2-6-10-15;1-9(2)10(3,4)16-13(15-9)14-17-11(5,6)12(7,8)18-14;6-4-1-2-8-3-5(4)7/h1-16H;1-13H;1-8H3;1-3H. The van der Waals surface area contributed by atoms with Crippen molar-refractivity contribution in [3.05, 3.63) is 227 Å². The molecule has 0 radical (unpaired) electrons. The molecule has 6 heterocycles.